The van der Waals surface area contributed by atoms with Crippen LogP contribution < -0.4 is 0 Å². The smallest absolute Gasteiger partial charge is 0.311 e. The fraction of sp³-hybridized carbons (Fsp3) is 0.263. The third-order valence-corrected chi connectivity index (χ3v) is 4.05. The Morgan fingerprint density at radius 2 is 2.00 bits per heavy atom. The number of imidazole rings is 1. The van der Waals surface area contributed by atoms with Gasteiger partial charge in [0.05, 0.1) is 24.9 Å². The van der Waals surface area contributed by atoms with Gasteiger partial charge in [0.2, 0.25) is 0 Å². The lowest BCUT2D eigenvalue weighted by atomic mass is 10.1. The standard InChI is InChI=1S/C19H20N4O2/c1-4-14-9-5-6-10-15(14)21-22-19-16(12-17(24)25-3)20-18-13(2)8-7-11-23(18)19/h5-11H,4,12H2,1-3H3. The van der Waals surface area contributed by atoms with E-state index in [9.17, 15) is 4.79 Å². The zero-order valence-electron chi connectivity index (χ0n) is 14.6. The maximum Gasteiger partial charge on any atom is 0.311 e. The largest absolute Gasteiger partial charge is 0.469 e. The van der Waals surface area contributed by atoms with E-state index < -0.39 is 0 Å². The van der Waals surface area contributed by atoms with Crippen LogP contribution in [0.15, 0.2) is 52.8 Å². The number of nitrogens with zero attached hydrogens (tertiary/aromatic N) is 4. The first kappa shape index (κ1) is 16.8. The Bertz CT molecular complexity index is 944. The summed E-state index contributed by atoms with van der Waals surface area (Å²) in [4.78, 5) is 16.3. The quantitative estimate of drug-likeness (QED) is 0.514. The minimum Gasteiger partial charge on any atom is -0.469 e. The van der Waals surface area contributed by atoms with E-state index in [0.29, 0.717) is 11.5 Å². The van der Waals surface area contributed by atoms with Crippen LogP contribution in [0, 0.1) is 6.92 Å². The lowest BCUT2D eigenvalue weighted by Gasteiger charge is -2.02. The highest BCUT2D eigenvalue weighted by Gasteiger charge is 2.17. The van der Waals surface area contributed by atoms with Gasteiger partial charge in [-0.1, -0.05) is 31.2 Å². The predicted octanol–water partition coefficient (Wildman–Crippen LogP) is 4.34. The van der Waals surface area contributed by atoms with Crippen LogP contribution in [-0.4, -0.2) is 22.5 Å². The number of carbonyl (C=O) groups is 1. The van der Waals surface area contributed by atoms with Crippen LogP contribution in [0.4, 0.5) is 11.5 Å². The Morgan fingerprint density at radius 1 is 1.20 bits per heavy atom. The SMILES string of the molecule is CCc1ccccc1N=Nc1c(CC(=O)OC)nc2c(C)cccn12. The summed E-state index contributed by atoms with van der Waals surface area (Å²) in [5.41, 5.74) is 4.25. The average molecular weight is 336 g/mol. The van der Waals surface area contributed by atoms with Crippen LogP contribution in [0.1, 0.15) is 23.7 Å². The fourth-order valence-corrected chi connectivity index (χ4v) is 2.68. The topological polar surface area (TPSA) is 68.3 Å². The van der Waals surface area contributed by atoms with Gasteiger partial charge in [0.15, 0.2) is 5.82 Å². The summed E-state index contributed by atoms with van der Waals surface area (Å²) in [5.74, 6) is 0.196. The molecule has 6 nitrogen and oxygen atoms in total. The first-order chi connectivity index (χ1) is 12.1. The number of rotatable bonds is 5. The summed E-state index contributed by atoms with van der Waals surface area (Å²) in [5, 5.41) is 8.82. The van der Waals surface area contributed by atoms with Crippen LogP contribution in [0.25, 0.3) is 5.65 Å². The van der Waals surface area contributed by atoms with Crippen molar-refractivity contribution in [3.05, 3.63) is 59.4 Å². The molecule has 0 bridgehead atoms. The molecule has 0 fully saturated rings. The molecule has 25 heavy (non-hydrogen) atoms. The second-order valence-corrected chi connectivity index (χ2v) is 5.70. The molecule has 3 aromatic rings. The van der Waals surface area contributed by atoms with E-state index in [1.165, 1.54) is 7.11 Å². The second kappa shape index (κ2) is 7.25. The molecule has 2 aromatic heterocycles. The van der Waals surface area contributed by atoms with Gasteiger partial charge in [-0.3, -0.25) is 9.20 Å². The number of pyridine rings is 1. The summed E-state index contributed by atoms with van der Waals surface area (Å²) in [7, 11) is 1.36. The lowest BCUT2D eigenvalue weighted by molar-refractivity contribution is -0.139. The molecular formula is C19H20N4O2. The molecule has 6 heteroatoms. The van der Waals surface area contributed by atoms with Crippen molar-refractivity contribution >= 4 is 23.1 Å². The molecule has 0 saturated heterocycles. The Hall–Kier alpha value is -3.02. The van der Waals surface area contributed by atoms with Crippen molar-refractivity contribution in [2.24, 2.45) is 10.2 Å². The minimum absolute atomic E-state index is 0.0569. The summed E-state index contributed by atoms with van der Waals surface area (Å²) in [6.45, 7) is 4.05. The van der Waals surface area contributed by atoms with Crippen LogP contribution in [0.2, 0.25) is 0 Å². The first-order valence-corrected chi connectivity index (χ1v) is 8.17. The number of fused-ring (bicyclic) bond motifs is 1. The van der Waals surface area contributed by atoms with E-state index in [-0.39, 0.29) is 12.4 Å². The number of carbonyl (C=O) groups excluding carboxylic acids is 1. The van der Waals surface area contributed by atoms with Gasteiger partial charge in [0, 0.05) is 6.20 Å². The summed E-state index contributed by atoms with van der Waals surface area (Å²) in [6, 6.07) is 11.8. The molecule has 0 N–H and O–H groups in total. The molecule has 0 aliphatic carbocycles. The Kier molecular flexibility index (Phi) is 4.88. The number of benzene rings is 1. The lowest BCUT2D eigenvalue weighted by Crippen LogP contribution is -2.04. The highest BCUT2D eigenvalue weighted by atomic mass is 16.5. The molecule has 0 aliphatic heterocycles. The van der Waals surface area contributed by atoms with Gasteiger partial charge >= 0.3 is 5.97 Å². The molecule has 0 atom stereocenters. The first-order valence-electron chi connectivity index (χ1n) is 8.17. The minimum atomic E-state index is -0.355. The van der Waals surface area contributed by atoms with Crippen molar-refractivity contribution in [2.45, 2.75) is 26.7 Å². The van der Waals surface area contributed by atoms with Gasteiger partial charge in [-0.2, -0.15) is 0 Å². The van der Waals surface area contributed by atoms with Crippen LogP contribution in [0.5, 0.6) is 0 Å². The van der Waals surface area contributed by atoms with E-state index in [0.717, 1.165) is 28.9 Å². The van der Waals surface area contributed by atoms with Gasteiger partial charge in [-0.25, -0.2) is 4.98 Å². The second-order valence-electron chi connectivity index (χ2n) is 5.70. The number of hydrogen-bond acceptors (Lipinski definition) is 5. The van der Waals surface area contributed by atoms with Gasteiger partial charge < -0.3 is 4.74 Å². The van der Waals surface area contributed by atoms with Crippen molar-refractivity contribution in [3.63, 3.8) is 0 Å². The number of azo groups is 1. The van der Waals surface area contributed by atoms with E-state index >= 15 is 0 Å². The van der Waals surface area contributed by atoms with Gasteiger partial charge in [-0.15, -0.1) is 10.2 Å². The number of methoxy groups -OCH3 is 1. The monoisotopic (exact) mass is 336 g/mol. The number of aryl methyl sites for hydroxylation is 2. The molecule has 128 valence electrons. The highest BCUT2D eigenvalue weighted by Crippen LogP contribution is 2.27. The van der Waals surface area contributed by atoms with E-state index in [1.54, 1.807) is 0 Å². The zero-order chi connectivity index (χ0) is 17.8. The molecule has 0 unspecified atom stereocenters. The Morgan fingerprint density at radius 3 is 2.76 bits per heavy atom. The van der Waals surface area contributed by atoms with Gasteiger partial charge in [0.25, 0.3) is 0 Å². The molecule has 0 amide bonds. The number of ether oxygens (including phenoxy) is 1. The van der Waals surface area contributed by atoms with Crippen LogP contribution in [0.3, 0.4) is 0 Å². The molecular weight excluding hydrogens is 316 g/mol. The molecule has 0 saturated carbocycles. The van der Waals surface area contributed by atoms with Crippen molar-refractivity contribution in [1.82, 2.24) is 9.38 Å². The van der Waals surface area contributed by atoms with E-state index in [4.69, 9.17) is 4.74 Å². The summed E-state index contributed by atoms with van der Waals surface area (Å²) >= 11 is 0. The number of aromatic nitrogens is 2. The van der Waals surface area contributed by atoms with Crippen LogP contribution >= 0.6 is 0 Å². The number of hydrogen-bond donors (Lipinski definition) is 0. The maximum atomic E-state index is 11.7. The third kappa shape index (κ3) is 3.42. The van der Waals surface area contributed by atoms with Crippen molar-refractivity contribution in [2.75, 3.05) is 7.11 Å². The molecule has 0 aliphatic rings. The number of esters is 1. The van der Waals surface area contributed by atoms with E-state index in [1.807, 2.05) is 53.9 Å². The van der Waals surface area contributed by atoms with Gasteiger partial charge in [-0.05, 0) is 36.6 Å². The van der Waals surface area contributed by atoms with E-state index in [2.05, 4.69) is 22.1 Å². The van der Waals surface area contributed by atoms with Gasteiger partial charge in [0.1, 0.15) is 5.65 Å². The van der Waals surface area contributed by atoms with Crippen molar-refractivity contribution in [3.8, 4) is 0 Å². The molecule has 3 rings (SSSR count). The summed E-state index contributed by atoms with van der Waals surface area (Å²) in [6.07, 6.45) is 2.80. The van der Waals surface area contributed by atoms with Crippen LogP contribution in [-0.2, 0) is 22.4 Å². The van der Waals surface area contributed by atoms with Crippen molar-refractivity contribution < 1.29 is 9.53 Å². The third-order valence-electron chi connectivity index (χ3n) is 4.05. The molecule has 1 aromatic carbocycles. The Labute approximate surface area is 146 Å². The maximum absolute atomic E-state index is 11.7. The summed E-state index contributed by atoms with van der Waals surface area (Å²) < 4.78 is 6.63. The Balaban J connectivity index is 2.10. The molecule has 0 radical (unpaired) electrons. The highest BCUT2D eigenvalue weighted by molar-refractivity contribution is 5.74. The fourth-order valence-electron chi connectivity index (χ4n) is 2.68. The molecule has 0 spiro atoms. The van der Waals surface area contributed by atoms with Crippen molar-refractivity contribution in [1.29, 1.82) is 0 Å². The molecule has 2 heterocycles. The predicted molar refractivity (Wildman–Crippen MR) is 95.6 cm³/mol. The average Bonchev–Trinajstić information content (AvgIpc) is 2.98. The normalized spacial score (nSPS) is 11.3. The zero-order valence-corrected chi connectivity index (χ0v) is 14.6.